The van der Waals surface area contributed by atoms with Crippen LogP contribution < -0.4 is 9.62 Å². The Balaban J connectivity index is 3.24. The summed E-state index contributed by atoms with van der Waals surface area (Å²) >= 11 is 5.50. The van der Waals surface area contributed by atoms with E-state index < -0.39 is 39.2 Å². The Hall–Kier alpha value is -1.74. The van der Waals surface area contributed by atoms with Gasteiger partial charge in [0.1, 0.15) is 6.54 Å². The summed E-state index contributed by atoms with van der Waals surface area (Å²) in [4.78, 5) is 11.7. The minimum absolute atomic E-state index is 0.102. The molecule has 1 aromatic rings. The number of nitrogens with zero attached hydrogens (tertiary/aromatic N) is 1. The quantitative estimate of drug-likeness (QED) is 0.782. The molecule has 0 aliphatic carbocycles. The van der Waals surface area contributed by atoms with Crippen molar-refractivity contribution in [1.29, 1.82) is 0 Å². The molecule has 0 heterocycles. The molecule has 0 radical (unpaired) electrons. The number of sulfonamides is 1. The fourth-order valence-electron chi connectivity index (χ4n) is 1.66. The average molecular weight is 371 g/mol. The summed E-state index contributed by atoms with van der Waals surface area (Å²) in [6.07, 6.45) is -2.58. The fourth-order valence-corrected chi connectivity index (χ4v) is 2.73. The van der Waals surface area contributed by atoms with Gasteiger partial charge < -0.3 is 5.32 Å². The Morgan fingerprint density at radius 3 is 2.52 bits per heavy atom. The number of benzene rings is 1. The van der Waals surface area contributed by atoms with E-state index in [4.69, 9.17) is 11.6 Å². The van der Waals surface area contributed by atoms with Gasteiger partial charge in [0.15, 0.2) is 0 Å². The lowest BCUT2D eigenvalue weighted by atomic mass is 10.2. The van der Waals surface area contributed by atoms with Gasteiger partial charge in [0.05, 0.1) is 22.5 Å². The van der Waals surface area contributed by atoms with Crippen molar-refractivity contribution >= 4 is 33.2 Å². The van der Waals surface area contributed by atoms with Crippen LogP contribution in [0.3, 0.4) is 0 Å². The second-order valence-electron chi connectivity index (χ2n) is 4.52. The molecule has 1 aromatic carbocycles. The number of hydrogen-bond acceptors (Lipinski definition) is 3. The number of anilines is 1. The number of carbonyl (C=O) groups excluding carboxylic acids is 1. The normalized spacial score (nSPS) is 11.9. The van der Waals surface area contributed by atoms with Crippen LogP contribution in [0.25, 0.3) is 0 Å². The summed E-state index contributed by atoms with van der Waals surface area (Å²) in [6, 6.07) is 2.61. The number of carbonyl (C=O) groups is 1. The molecule has 1 rings (SSSR count). The first-order chi connectivity index (χ1) is 10.5. The Bertz CT molecular complexity index is 705. The summed E-state index contributed by atoms with van der Waals surface area (Å²) in [6.45, 7) is 2.82. The highest BCUT2D eigenvalue weighted by Crippen LogP contribution is 2.37. The lowest BCUT2D eigenvalue weighted by Crippen LogP contribution is -2.40. The van der Waals surface area contributed by atoms with E-state index in [-0.39, 0.29) is 12.2 Å². The molecular formula is C13H14ClF3N2O3S. The third kappa shape index (κ3) is 5.43. The second kappa shape index (κ2) is 7.22. The van der Waals surface area contributed by atoms with E-state index in [1.54, 1.807) is 0 Å². The smallest absolute Gasteiger partial charge is 0.351 e. The van der Waals surface area contributed by atoms with Gasteiger partial charge in [0.25, 0.3) is 0 Å². The van der Waals surface area contributed by atoms with Crippen molar-refractivity contribution in [2.45, 2.75) is 6.18 Å². The highest BCUT2D eigenvalue weighted by atomic mass is 35.5. The Labute approximate surface area is 136 Å². The first-order valence-electron chi connectivity index (χ1n) is 6.19. The van der Waals surface area contributed by atoms with Crippen molar-refractivity contribution in [2.24, 2.45) is 0 Å². The first-order valence-corrected chi connectivity index (χ1v) is 8.41. The standard InChI is InChI=1S/C13H14ClF3N2O3S/c1-3-6-18-12(20)8-19(23(2,21)22)9-4-5-11(14)10(7-9)13(15,16)17/h3-5,7H,1,6,8H2,2H3,(H,18,20). The third-order valence-electron chi connectivity index (χ3n) is 2.67. The molecule has 0 bridgehead atoms. The van der Waals surface area contributed by atoms with Gasteiger partial charge in [-0.1, -0.05) is 17.7 Å². The highest BCUT2D eigenvalue weighted by molar-refractivity contribution is 7.92. The van der Waals surface area contributed by atoms with Gasteiger partial charge in [-0.3, -0.25) is 9.10 Å². The summed E-state index contributed by atoms with van der Waals surface area (Å²) in [7, 11) is -3.98. The van der Waals surface area contributed by atoms with E-state index in [0.717, 1.165) is 18.4 Å². The van der Waals surface area contributed by atoms with Crippen LogP contribution in [0, 0.1) is 0 Å². The van der Waals surface area contributed by atoms with Crippen LogP contribution in [0.2, 0.25) is 5.02 Å². The maximum atomic E-state index is 12.9. The Morgan fingerprint density at radius 1 is 1.43 bits per heavy atom. The SMILES string of the molecule is C=CCNC(=O)CN(c1ccc(Cl)c(C(F)(F)F)c1)S(C)(=O)=O. The van der Waals surface area contributed by atoms with Crippen LogP contribution in [0.4, 0.5) is 18.9 Å². The van der Waals surface area contributed by atoms with Crippen molar-refractivity contribution in [3.63, 3.8) is 0 Å². The summed E-state index contributed by atoms with van der Waals surface area (Å²) in [5.41, 5.74) is -1.49. The monoisotopic (exact) mass is 370 g/mol. The fraction of sp³-hybridized carbons (Fsp3) is 0.308. The molecule has 0 unspecified atom stereocenters. The van der Waals surface area contributed by atoms with Gasteiger partial charge in [-0.15, -0.1) is 6.58 Å². The van der Waals surface area contributed by atoms with Crippen molar-refractivity contribution in [3.05, 3.63) is 41.4 Å². The zero-order valence-electron chi connectivity index (χ0n) is 12.0. The lowest BCUT2D eigenvalue weighted by Gasteiger charge is -2.23. The van der Waals surface area contributed by atoms with Crippen LogP contribution in [0.5, 0.6) is 0 Å². The zero-order chi connectivity index (χ0) is 17.8. The van der Waals surface area contributed by atoms with Gasteiger partial charge in [-0.05, 0) is 18.2 Å². The number of rotatable bonds is 6. The Kier molecular flexibility index (Phi) is 6.06. The topological polar surface area (TPSA) is 66.5 Å². The summed E-state index contributed by atoms with van der Waals surface area (Å²) in [5.74, 6) is -0.682. The molecule has 0 aromatic heterocycles. The van der Waals surface area contributed by atoms with Crippen LogP contribution in [0.15, 0.2) is 30.9 Å². The van der Waals surface area contributed by atoms with E-state index >= 15 is 0 Å². The van der Waals surface area contributed by atoms with E-state index in [1.807, 2.05) is 0 Å². The maximum Gasteiger partial charge on any atom is 0.417 e. The average Bonchev–Trinajstić information content (AvgIpc) is 2.41. The molecule has 0 spiro atoms. The summed E-state index contributed by atoms with van der Waals surface area (Å²) in [5, 5.41) is 1.79. The second-order valence-corrected chi connectivity index (χ2v) is 6.84. The van der Waals surface area contributed by atoms with Crippen LogP contribution in [0.1, 0.15) is 5.56 Å². The van der Waals surface area contributed by atoms with Gasteiger partial charge in [0.2, 0.25) is 15.9 Å². The predicted octanol–water partition coefficient (Wildman–Crippen LogP) is 2.43. The molecule has 10 heteroatoms. The molecule has 0 saturated heterocycles. The van der Waals surface area contributed by atoms with E-state index in [1.165, 1.54) is 6.08 Å². The van der Waals surface area contributed by atoms with Gasteiger partial charge in [-0.25, -0.2) is 8.42 Å². The molecule has 23 heavy (non-hydrogen) atoms. The number of amides is 1. The molecule has 0 aliphatic rings. The Morgan fingerprint density at radius 2 is 2.04 bits per heavy atom. The minimum Gasteiger partial charge on any atom is -0.351 e. The number of alkyl halides is 3. The molecule has 1 amide bonds. The molecular weight excluding hydrogens is 357 g/mol. The van der Waals surface area contributed by atoms with E-state index in [2.05, 4.69) is 11.9 Å². The lowest BCUT2D eigenvalue weighted by molar-refractivity contribution is -0.137. The molecule has 1 N–H and O–H groups in total. The van der Waals surface area contributed by atoms with Crippen LogP contribution >= 0.6 is 11.6 Å². The van der Waals surface area contributed by atoms with Gasteiger partial charge >= 0.3 is 6.18 Å². The third-order valence-corrected chi connectivity index (χ3v) is 4.14. The van der Waals surface area contributed by atoms with Crippen LogP contribution in [-0.4, -0.2) is 33.7 Å². The first kappa shape index (κ1) is 19.3. The molecule has 5 nitrogen and oxygen atoms in total. The van der Waals surface area contributed by atoms with Crippen molar-refractivity contribution in [2.75, 3.05) is 23.7 Å². The van der Waals surface area contributed by atoms with Crippen molar-refractivity contribution in [3.8, 4) is 0 Å². The minimum atomic E-state index is -4.75. The molecule has 0 aliphatic heterocycles. The number of hydrogen-bond donors (Lipinski definition) is 1. The molecule has 0 saturated carbocycles. The van der Waals surface area contributed by atoms with E-state index in [9.17, 15) is 26.4 Å². The van der Waals surface area contributed by atoms with Gasteiger partial charge in [0, 0.05) is 6.54 Å². The highest BCUT2D eigenvalue weighted by Gasteiger charge is 2.34. The van der Waals surface area contributed by atoms with E-state index in [0.29, 0.717) is 10.4 Å². The molecule has 0 atom stereocenters. The van der Waals surface area contributed by atoms with Crippen molar-refractivity contribution in [1.82, 2.24) is 5.32 Å². The zero-order valence-corrected chi connectivity index (χ0v) is 13.6. The summed E-state index contributed by atoms with van der Waals surface area (Å²) < 4.78 is 62.8. The van der Waals surface area contributed by atoms with Crippen LogP contribution in [-0.2, 0) is 21.0 Å². The molecule has 128 valence electrons. The number of nitrogens with one attached hydrogen (secondary N) is 1. The number of halogens is 4. The van der Waals surface area contributed by atoms with Crippen molar-refractivity contribution < 1.29 is 26.4 Å². The predicted molar refractivity (Wildman–Crippen MR) is 81.9 cm³/mol. The molecule has 0 fully saturated rings. The largest absolute Gasteiger partial charge is 0.417 e. The maximum absolute atomic E-state index is 12.9. The van der Waals surface area contributed by atoms with Gasteiger partial charge in [-0.2, -0.15) is 13.2 Å².